The minimum Gasteiger partial charge on any atom is -0.480 e. The van der Waals surface area contributed by atoms with Gasteiger partial charge in [-0.15, -0.1) is 11.6 Å². The summed E-state index contributed by atoms with van der Waals surface area (Å²) in [5, 5.41) is 10.5. The molecule has 4 N–H and O–H groups in total. The fraction of sp³-hybridized carbons (Fsp3) is 0.600. The number of nitrogens with one attached hydrogen (secondary N) is 1. The second kappa shape index (κ2) is 4.92. The van der Waals surface area contributed by atoms with Gasteiger partial charge in [-0.1, -0.05) is 0 Å². The first-order chi connectivity index (χ1) is 5.07. The third-order valence-electron chi connectivity index (χ3n) is 0.958. The van der Waals surface area contributed by atoms with Crippen molar-refractivity contribution in [1.29, 1.82) is 0 Å². The van der Waals surface area contributed by atoms with Crippen LogP contribution in [0.25, 0.3) is 0 Å². The Kier molecular flexibility index (Phi) is 4.56. The Hall–Kier alpha value is -0.810. The predicted molar refractivity (Wildman–Crippen MR) is 39.3 cm³/mol. The maximum absolute atomic E-state index is 10.4. The molecule has 0 bridgehead atoms. The summed E-state index contributed by atoms with van der Waals surface area (Å²) in [6, 6.07) is -1.07. The van der Waals surface area contributed by atoms with Gasteiger partial charge in [0.1, 0.15) is 11.9 Å². The maximum Gasteiger partial charge on any atom is 0.322 e. The van der Waals surface area contributed by atoms with Gasteiger partial charge in [-0.3, -0.25) is 9.59 Å². The van der Waals surface area contributed by atoms with Crippen molar-refractivity contribution in [2.75, 3.05) is 12.4 Å². The molecule has 0 spiro atoms. The highest BCUT2D eigenvalue weighted by Crippen LogP contribution is 1.77. The molecule has 0 saturated heterocycles. The quantitative estimate of drug-likeness (QED) is 0.472. The number of carboxylic acid groups (broad SMARTS) is 1. The third-order valence-corrected chi connectivity index (χ3v) is 1.20. The van der Waals surface area contributed by atoms with Crippen LogP contribution in [-0.4, -0.2) is 35.4 Å². The van der Waals surface area contributed by atoms with Gasteiger partial charge in [0.15, 0.2) is 0 Å². The molecule has 1 amide bonds. The number of carbonyl (C=O) groups excluding carboxylic acids is 1. The number of hydrogen-bond acceptors (Lipinski definition) is 3. The van der Waals surface area contributed by atoms with E-state index in [0.717, 1.165) is 0 Å². The molecule has 0 rings (SSSR count). The molecule has 0 unspecified atom stereocenters. The lowest BCUT2D eigenvalue weighted by atomic mass is 10.3. The summed E-state index contributed by atoms with van der Waals surface area (Å²) < 4.78 is 0. The molecule has 1 atom stereocenters. The Balaban J connectivity index is 3.54. The van der Waals surface area contributed by atoms with E-state index in [4.69, 9.17) is 22.4 Å². The Labute approximate surface area is 68.5 Å². The van der Waals surface area contributed by atoms with Crippen LogP contribution in [0, 0.1) is 0 Å². The van der Waals surface area contributed by atoms with E-state index in [1.165, 1.54) is 0 Å². The Morgan fingerprint density at radius 2 is 2.18 bits per heavy atom. The molecule has 6 heteroatoms. The normalized spacial score (nSPS) is 12.2. The van der Waals surface area contributed by atoms with Crippen LogP contribution in [0.1, 0.15) is 0 Å². The van der Waals surface area contributed by atoms with Gasteiger partial charge in [-0.2, -0.15) is 0 Å². The van der Waals surface area contributed by atoms with Crippen molar-refractivity contribution in [3.63, 3.8) is 0 Å². The van der Waals surface area contributed by atoms with Crippen LogP contribution >= 0.6 is 11.6 Å². The minimum atomic E-state index is -1.15. The molecule has 64 valence electrons. The predicted octanol–water partition coefficient (Wildman–Crippen LogP) is -1.25. The summed E-state index contributed by atoms with van der Waals surface area (Å²) in [5.74, 6) is -1.77. The lowest BCUT2D eigenvalue weighted by molar-refractivity contribution is -0.138. The van der Waals surface area contributed by atoms with E-state index in [-0.39, 0.29) is 12.4 Å². The largest absolute Gasteiger partial charge is 0.480 e. The highest BCUT2D eigenvalue weighted by atomic mass is 35.5. The molecular formula is C5H9ClN2O3. The molecule has 0 saturated carbocycles. The van der Waals surface area contributed by atoms with Crippen LogP contribution < -0.4 is 11.1 Å². The monoisotopic (exact) mass is 180 g/mol. The Bertz CT molecular complexity index is 162. The van der Waals surface area contributed by atoms with Crippen LogP contribution in [0.2, 0.25) is 0 Å². The lowest BCUT2D eigenvalue weighted by Gasteiger charge is -2.05. The molecule has 0 radical (unpaired) electrons. The number of rotatable bonds is 4. The summed E-state index contributed by atoms with van der Waals surface area (Å²) >= 11 is 5.11. The summed E-state index contributed by atoms with van der Waals surface area (Å²) in [5.41, 5.74) is 5.06. The van der Waals surface area contributed by atoms with Gasteiger partial charge in [-0.25, -0.2) is 0 Å². The van der Waals surface area contributed by atoms with Crippen LogP contribution in [0.4, 0.5) is 0 Å². The molecule has 0 heterocycles. The van der Waals surface area contributed by atoms with Crippen molar-refractivity contribution in [1.82, 2.24) is 5.32 Å². The van der Waals surface area contributed by atoms with E-state index in [2.05, 4.69) is 5.32 Å². The third kappa shape index (κ3) is 4.58. The summed E-state index contributed by atoms with van der Waals surface area (Å²) in [6.45, 7) is -0.0963. The Morgan fingerprint density at radius 3 is 2.55 bits per heavy atom. The summed E-state index contributed by atoms with van der Waals surface area (Å²) in [6.07, 6.45) is 0. The van der Waals surface area contributed by atoms with Crippen molar-refractivity contribution in [3.8, 4) is 0 Å². The second-order valence-electron chi connectivity index (χ2n) is 1.88. The van der Waals surface area contributed by atoms with Crippen LogP contribution in [0.5, 0.6) is 0 Å². The van der Waals surface area contributed by atoms with E-state index in [9.17, 15) is 9.59 Å². The first kappa shape index (κ1) is 10.2. The average molecular weight is 181 g/mol. The first-order valence-electron chi connectivity index (χ1n) is 2.89. The molecule has 0 aliphatic carbocycles. The van der Waals surface area contributed by atoms with Gasteiger partial charge >= 0.3 is 5.97 Å². The molecule has 0 aromatic heterocycles. The van der Waals surface area contributed by atoms with Crippen molar-refractivity contribution in [3.05, 3.63) is 0 Å². The van der Waals surface area contributed by atoms with Gasteiger partial charge in [0.25, 0.3) is 0 Å². The van der Waals surface area contributed by atoms with Crippen molar-refractivity contribution < 1.29 is 14.7 Å². The van der Waals surface area contributed by atoms with E-state index >= 15 is 0 Å². The van der Waals surface area contributed by atoms with Gasteiger partial charge < -0.3 is 16.2 Å². The highest BCUT2D eigenvalue weighted by Gasteiger charge is 2.11. The smallest absolute Gasteiger partial charge is 0.322 e. The lowest BCUT2D eigenvalue weighted by Crippen LogP contribution is -2.42. The van der Waals surface area contributed by atoms with Crippen LogP contribution in [0.3, 0.4) is 0 Å². The number of nitrogens with two attached hydrogens (primary N) is 1. The highest BCUT2D eigenvalue weighted by molar-refractivity contribution is 6.27. The number of aliphatic carboxylic acids is 1. The number of halogens is 1. The zero-order chi connectivity index (χ0) is 8.85. The number of carboxylic acids is 1. The summed E-state index contributed by atoms with van der Waals surface area (Å²) in [7, 11) is 0. The SMILES string of the molecule is N[C@@H](CNC(=O)CCl)C(=O)O. The van der Waals surface area contributed by atoms with Crippen molar-refractivity contribution in [2.24, 2.45) is 5.73 Å². The number of carbonyl (C=O) groups is 2. The molecule has 5 nitrogen and oxygen atoms in total. The van der Waals surface area contributed by atoms with Gasteiger partial charge in [0, 0.05) is 6.54 Å². The fourth-order valence-electron chi connectivity index (χ4n) is 0.358. The van der Waals surface area contributed by atoms with Crippen LogP contribution in [0.15, 0.2) is 0 Å². The topological polar surface area (TPSA) is 92.4 Å². The van der Waals surface area contributed by atoms with Crippen molar-refractivity contribution >= 4 is 23.5 Å². The van der Waals surface area contributed by atoms with E-state index < -0.39 is 17.9 Å². The van der Waals surface area contributed by atoms with E-state index in [1.54, 1.807) is 0 Å². The van der Waals surface area contributed by atoms with E-state index in [0.29, 0.717) is 0 Å². The molecular weight excluding hydrogens is 172 g/mol. The van der Waals surface area contributed by atoms with Crippen LogP contribution in [-0.2, 0) is 9.59 Å². The van der Waals surface area contributed by atoms with Gasteiger partial charge in [0.2, 0.25) is 5.91 Å². The zero-order valence-corrected chi connectivity index (χ0v) is 6.47. The Morgan fingerprint density at radius 1 is 1.64 bits per heavy atom. The maximum atomic E-state index is 10.4. The number of amides is 1. The van der Waals surface area contributed by atoms with Gasteiger partial charge in [-0.05, 0) is 0 Å². The van der Waals surface area contributed by atoms with E-state index in [1.807, 2.05) is 0 Å². The number of alkyl halides is 1. The molecule has 11 heavy (non-hydrogen) atoms. The molecule has 0 aromatic rings. The molecule has 0 fully saturated rings. The molecule has 0 aromatic carbocycles. The second-order valence-corrected chi connectivity index (χ2v) is 2.15. The number of hydrogen-bond donors (Lipinski definition) is 3. The van der Waals surface area contributed by atoms with Gasteiger partial charge in [0.05, 0.1) is 0 Å². The van der Waals surface area contributed by atoms with Crippen molar-refractivity contribution in [2.45, 2.75) is 6.04 Å². The fourth-order valence-corrected chi connectivity index (χ4v) is 0.453. The first-order valence-corrected chi connectivity index (χ1v) is 3.42. The zero-order valence-electron chi connectivity index (χ0n) is 5.71. The average Bonchev–Trinajstić information content (AvgIpc) is 1.99. The minimum absolute atomic E-state index is 0.0963. The molecule has 0 aliphatic heterocycles. The standard InChI is InChI=1S/C5H9ClN2O3/c6-1-4(9)8-2-3(7)5(10)11/h3H,1-2,7H2,(H,8,9)(H,10,11)/t3-/m0/s1. The molecule has 0 aliphatic rings. The summed E-state index contributed by atoms with van der Waals surface area (Å²) in [4.78, 5) is 20.5.